The molecule has 18 heavy (non-hydrogen) atoms. The highest BCUT2D eigenvalue weighted by Crippen LogP contribution is 2.18. The lowest BCUT2D eigenvalue weighted by atomic mass is 10.2. The predicted octanol–water partition coefficient (Wildman–Crippen LogP) is -0.486. The van der Waals surface area contributed by atoms with Gasteiger partial charge in [-0.25, -0.2) is 0 Å². The van der Waals surface area contributed by atoms with Crippen LogP contribution in [0.25, 0.3) is 12.3 Å². The van der Waals surface area contributed by atoms with Crippen LogP contribution in [0.4, 0.5) is 5.69 Å². The molecule has 0 spiro atoms. The molecule has 0 bridgehead atoms. The second-order valence-electron chi connectivity index (χ2n) is 3.45. The van der Waals surface area contributed by atoms with Crippen molar-refractivity contribution < 1.29 is 26.5 Å². The van der Waals surface area contributed by atoms with Gasteiger partial charge in [0.2, 0.25) is 0 Å². The fraction of sp³-hybridized carbons (Fsp3) is 0. The smallest absolute Gasteiger partial charge is 0.276 e. The topological polar surface area (TPSA) is 47.0 Å². The average Bonchev–Trinajstić information content (AvgIpc) is 2.38. The summed E-state index contributed by atoms with van der Waals surface area (Å²) in [4.78, 5) is 10.4. The first-order chi connectivity index (χ1) is 8.27. The molecule has 0 aliphatic heterocycles. The van der Waals surface area contributed by atoms with Gasteiger partial charge in [0.15, 0.2) is 18.6 Å². The van der Waals surface area contributed by atoms with Gasteiger partial charge >= 0.3 is 0 Å². The molecular formula is C13H11BrN2O2. The van der Waals surface area contributed by atoms with Gasteiger partial charge in [0.1, 0.15) is 0 Å². The Bertz CT molecular complexity index is 556. The Morgan fingerprint density at radius 3 is 2.39 bits per heavy atom. The molecule has 0 aliphatic rings. The molecule has 1 aromatic carbocycles. The van der Waals surface area contributed by atoms with Crippen molar-refractivity contribution in [3.63, 3.8) is 0 Å². The lowest BCUT2D eigenvalue weighted by Gasteiger charge is -1.94. The third-order valence-electron chi connectivity index (χ3n) is 2.30. The van der Waals surface area contributed by atoms with Crippen molar-refractivity contribution >= 4 is 18.0 Å². The molecule has 0 amide bonds. The molecule has 1 heterocycles. The van der Waals surface area contributed by atoms with Gasteiger partial charge in [0, 0.05) is 24.3 Å². The molecule has 0 unspecified atom stereocenters. The molecule has 0 saturated heterocycles. The van der Waals surface area contributed by atoms with Crippen LogP contribution >= 0.6 is 0 Å². The molecule has 0 radical (unpaired) electrons. The normalized spacial score (nSPS) is 10.0. The van der Waals surface area contributed by atoms with Crippen LogP contribution in [-0.2, 0) is 0 Å². The first-order valence-electron chi connectivity index (χ1n) is 5.15. The predicted molar refractivity (Wildman–Crippen MR) is 65.0 cm³/mol. The maximum absolute atomic E-state index is 10.8. The molecule has 2 aromatic rings. The number of pyridine rings is 1. The summed E-state index contributed by atoms with van der Waals surface area (Å²) in [5.74, 6) is 0. The third kappa shape index (κ3) is 3.49. The van der Waals surface area contributed by atoms with E-state index in [9.17, 15) is 10.1 Å². The first kappa shape index (κ1) is 14.1. The molecule has 0 N–H and O–H groups in total. The van der Waals surface area contributed by atoms with E-state index in [1.54, 1.807) is 30.5 Å². The summed E-state index contributed by atoms with van der Waals surface area (Å²) < 4.78 is 1.83. The number of rotatable bonds is 3. The van der Waals surface area contributed by atoms with Crippen LogP contribution in [0.3, 0.4) is 0 Å². The monoisotopic (exact) mass is 306 g/mol. The Kier molecular flexibility index (Phi) is 5.20. The molecule has 0 aliphatic carbocycles. The van der Waals surface area contributed by atoms with Gasteiger partial charge in [-0.15, -0.1) is 0 Å². The molecule has 0 atom stereocenters. The van der Waals surface area contributed by atoms with E-state index in [0.29, 0.717) is 5.56 Å². The van der Waals surface area contributed by atoms with Crippen molar-refractivity contribution in [3.8, 4) is 0 Å². The van der Waals surface area contributed by atoms with Gasteiger partial charge in [-0.1, -0.05) is 18.2 Å². The number of nitrogens with zero attached hydrogens (tertiary/aromatic N) is 2. The van der Waals surface area contributed by atoms with E-state index in [1.807, 2.05) is 35.2 Å². The van der Waals surface area contributed by atoms with Gasteiger partial charge in [0.05, 0.1) is 10.5 Å². The minimum atomic E-state index is -0.380. The standard InChI is InChI=1S/C13H11N2O2.BrH/c16-15(17)13-7-3-2-6-12(13)8-11-14-9-4-1-5-10-14;/h1-11H;1H/q+1;/p-1/b11-8+;. The zero-order chi connectivity index (χ0) is 12.1. The second kappa shape index (κ2) is 6.66. The summed E-state index contributed by atoms with van der Waals surface area (Å²) >= 11 is 0. The van der Waals surface area contributed by atoms with Gasteiger partial charge in [0.25, 0.3) is 5.69 Å². The molecule has 1 aromatic heterocycles. The van der Waals surface area contributed by atoms with Crippen LogP contribution < -0.4 is 21.5 Å². The van der Waals surface area contributed by atoms with Gasteiger partial charge in [-0.2, -0.15) is 4.57 Å². The van der Waals surface area contributed by atoms with Gasteiger partial charge in [-0.05, 0) is 6.07 Å². The number of hydrogen-bond acceptors (Lipinski definition) is 2. The van der Waals surface area contributed by atoms with Crippen LogP contribution in [0.5, 0.6) is 0 Å². The minimum Gasteiger partial charge on any atom is -1.00 e. The van der Waals surface area contributed by atoms with Crippen LogP contribution in [0, 0.1) is 10.1 Å². The lowest BCUT2D eigenvalue weighted by Crippen LogP contribution is -3.00. The Balaban J connectivity index is 0.00000162. The average molecular weight is 307 g/mol. The van der Waals surface area contributed by atoms with Crippen molar-refractivity contribution in [1.29, 1.82) is 0 Å². The van der Waals surface area contributed by atoms with Gasteiger partial charge < -0.3 is 17.0 Å². The molecule has 0 saturated carbocycles. The first-order valence-corrected chi connectivity index (χ1v) is 5.15. The Hall–Kier alpha value is -2.01. The zero-order valence-corrected chi connectivity index (χ0v) is 11.0. The molecule has 0 fully saturated rings. The highest BCUT2D eigenvalue weighted by atomic mass is 79.9. The summed E-state index contributed by atoms with van der Waals surface area (Å²) in [6.07, 6.45) is 7.23. The van der Waals surface area contributed by atoms with E-state index in [2.05, 4.69) is 0 Å². The number of nitro benzene ring substituents is 1. The summed E-state index contributed by atoms with van der Waals surface area (Å²) in [6, 6.07) is 12.4. The zero-order valence-electron chi connectivity index (χ0n) is 9.44. The summed E-state index contributed by atoms with van der Waals surface area (Å²) in [7, 11) is 0. The quantitative estimate of drug-likeness (QED) is 0.437. The Labute approximate surface area is 115 Å². The molecule has 2 rings (SSSR count). The van der Waals surface area contributed by atoms with Crippen molar-refractivity contribution in [3.05, 3.63) is 70.5 Å². The second-order valence-corrected chi connectivity index (χ2v) is 3.45. The van der Waals surface area contributed by atoms with Crippen molar-refractivity contribution in [1.82, 2.24) is 0 Å². The summed E-state index contributed by atoms with van der Waals surface area (Å²) in [6.45, 7) is 0. The van der Waals surface area contributed by atoms with E-state index in [4.69, 9.17) is 0 Å². The van der Waals surface area contributed by atoms with E-state index in [0.717, 1.165) is 0 Å². The Morgan fingerprint density at radius 2 is 1.72 bits per heavy atom. The third-order valence-corrected chi connectivity index (χ3v) is 2.30. The summed E-state index contributed by atoms with van der Waals surface area (Å²) in [5, 5.41) is 10.8. The van der Waals surface area contributed by atoms with Crippen molar-refractivity contribution in [2.45, 2.75) is 0 Å². The number of halogens is 1. The molecular weight excluding hydrogens is 296 g/mol. The fourth-order valence-corrected chi connectivity index (χ4v) is 1.47. The highest BCUT2D eigenvalue weighted by Gasteiger charge is 2.09. The van der Waals surface area contributed by atoms with E-state index in [1.165, 1.54) is 6.07 Å². The lowest BCUT2D eigenvalue weighted by molar-refractivity contribution is -0.567. The van der Waals surface area contributed by atoms with Crippen molar-refractivity contribution in [2.24, 2.45) is 0 Å². The SMILES string of the molecule is O=[N+]([O-])c1ccccc1/C=C/[n+]1ccccc1.[Br-]. The molecule has 92 valence electrons. The number of benzene rings is 1. The largest absolute Gasteiger partial charge is 1.00 e. The number of aromatic nitrogens is 1. The summed E-state index contributed by atoms with van der Waals surface area (Å²) in [5.41, 5.74) is 0.703. The number of para-hydroxylation sites is 1. The van der Waals surface area contributed by atoms with Crippen LogP contribution in [-0.4, -0.2) is 4.92 Å². The number of hydrogen-bond donors (Lipinski definition) is 0. The van der Waals surface area contributed by atoms with Crippen LogP contribution in [0.1, 0.15) is 5.56 Å². The maximum atomic E-state index is 10.8. The van der Waals surface area contributed by atoms with Crippen molar-refractivity contribution in [2.75, 3.05) is 0 Å². The van der Waals surface area contributed by atoms with Crippen LogP contribution in [0.15, 0.2) is 54.9 Å². The van der Waals surface area contributed by atoms with E-state index < -0.39 is 0 Å². The highest BCUT2D eigenvalue weighted by molar-refractivity contribution is 5.65. The molecule has 4 nitrogen and oxygen atoms in total. The minimum absolute atomic E-state index is 0. The molecule has 5 heteroatoms. The Morgan fingerprint density at radius 1 is 1.06 bits per heavy atom. The fourth-order valence-electron chi connectivity index (χ4n) is 1.47. The maximum Gasteiger partial charge on any atom is 0.276 e. The van der Waals surface area contributed by atoms with Gasteiger partial charge in [-0.3, -0.25) is 10.1 Å². The van der Waals surface area contributed by atoms with E-state index in [-0.39, 0.29) is 27.6 Å². The van der Waals surface area contributed by atoms with E-state index >= 15 is 0 Å². The van der Waals surface area contributed by atoms with Crippen LogP contribution in [0.2, 0.25) is 0 Å². The number of nitro groups is 1.